The Balaban J connectivity index is 1.84. The van der Waals surface area contributed by atoms with E-state index in [0.717, 1.165) is 6.42 Å². The first kappa shape index (κ1) is 18.4. The average Bonchev–Trinajstić information content (AvgIpc) is 3.30. The summed E-state index contributed by atoms with van der Waals surface area (Å²) in [7, 11) is -2.63. The first-order valence-electron chi connectivity index (χ1n) is 7.91. The minimum atomic E-state index is -4.08. The highest BCUT2D eigenvalue weighted by molar-refractivity contribution is 7.89. The first-order valence-corrected chi connectivity index (χ1v) is 9.40. The number of hydrogen-bond acceptors (Lipinski definition) is 6. The second-order valence-electron chi connectivity index (χ2n) is 5.84. The van der Waals surface area contributed by atoms with Crippen molar-refractivity contribution < 1.29 is 27.8 Å². The van der Waals surface area contributed by atoms with Gasteiger partial charge in [-0.3, -0.25) is 9.48 Å². The Bertz CT molecular complexity index is 889. The van der Waals surface area contributed by atoms with Crippen LogP contribution in [0.25, 0.3) is 0 Å². The standard InChI is InChI=1S/C16H19N3O6S/c1-24-13-4-2-3-11(7-13)15(16(20)21)18-26(22,23)14-8-17-19(9-14)12-5-6-25-10-12/h2-4,7-9,12,15,18H,5-6,10H2,1H3,(H,20,21). The van der Waals surface area contributed by atoms with Gasteiger partial charge in [-0.15, -0.1) is 0 Å². The van der Waals surface area contributed by atoms with Gasteiger partial charge in [0, 0.05) is 12.8 Å². The Kier molecular flexibility index (Phi) is 5.25. The van der Waals surface area contributed by atoms with Gasteiger partial charge in [-0.1, -0.05) is 12.1 Å². The lowest BCUT2D eigenvalue weighted by molar-refractivity contribution is -0.139. The van der Waals surface area contributed by atoms with E-state index in [9.17, 15) is 18.3 Å². The maximum atomic E-state index is 12.6. The van der Waals surface area contributed by atoms with Crippen LogP contribution in [0.2, 0.25) is 0 Å². The predicted molar refractivity (Wildman–Crippen MR) is 90.4 cm³/mol. The van der Waals surface area contributed by atoms with Crippen LogP contribution >= 0.6 is 0 Å². The molecule has 3 rings (SSSR count). The van der Waals surface area contributed by atoms with Crippen molar-refractivity contribution in [1.82, 2.24) is 14.5 Å². The number of carbonyl (C=O) groups is 1. The fourth-order valence-corrected chi connectivity index (χ4v) is 3.81. The van der Waals surface area contributed by atoms with Crippen LogP contribution in [0.4, 0.5) is 0 Å². The maximum Gasteiger partial charge on any atom is 0.326 e. The van der Waals surface area contributed by atoms with Crippen LogP contribution in [-0.4, -0.2) is 49.6 Å². The molecule has 2 unspecified atom stereocenters. The van der Waals surface area contributed by atoms with E-state index in [2.05, 4.69) is 9.82 Å². The Morgan fingerprint density at radius 1 is 1.50 bits per heavy atom. The number of nitrogens with zero attached hydrogens (tertiary/aromatic N) is 2. The first-order chi connectivity index (χ1) is 12.4. The second-order valence-corrected chi connectivity index (χ2v) is 7.56. The third kappa shape index (κ3) is 3.87. The molecule has 1 fully saturated rings. The summed E-state index contributed by atoms with van der Waals surface area (Å²) in [5.41, 5.74) is 0.261. The lowest BCUT2D eigenvalue weighted by Crippen LogP contribution is -2.33. The highest BCUT2D eigenvalue weighted by atomic mass is 32.2. The quantitative estimate of drug-likeness (QED) is 0.733. The number of aliphatic carboxylic acids is 1. The molecule has 0 saturated carbocycles. The van der Waals surface area contributed by atoms with E-state index in [1.165, 1.54) is 36.3 Å². The Labute approximate surface area is 150 Å². The number of methoxy groups -OCH3 is 1. The van der Waals surface area contributed by atoms with Crippen molar-refractivity contribution in [2.75, 3.05) is 20.3 Å². The smallest absolute Gasteiger partial charge is 0.326 e. The molecular weight excluding hydrogens is 362 g/mol. The summed E-state index contributed by atoms with van der Waals surface area (Å²) < 4.78 is 39.3. The molecule has 1 aromatic heterocycles. The van der Waals surface area contributed by atoms with Crippen molar-refractivity contribution in [2.45, 2.75) is 23.4 Å². The van der Waals surface area contributed by atoms with Crippen LogP contribution in [0.5, 0.6) is 5.75 Å². The minimum absolute atomic E-state index is 0.0207. The van der Waals surface area contributed by atoms with Gasteiger partial charge in [0.15, 0.2) is 0 Å². The zero-order valence-corrected chi connectivity index (χ0v) is 14.8. The molecule has 0 spiro atoms. The molecule has 26 heavy (non-hydrogen) atoms. The second kappa shape index (κ2) is 7.44. The lowest BCUT2D eigenvalue weighted by atomic mass is 10.1. The van der Waals surface area contributed by atoms with E-state index in [1.807, 2.05) is 0 Å². The molecule has 140 valence electrons. The lowest BCUT2D eigenvalue weighted by Gasteiger charge is -2.15. The molecule has 1 aliphatic heterocycles. The zero-order chi connectivity index (χ0) is 18.7. The number of carboxylic acid groups (broad SMARTS) is 1. The number of benzene rings is 1. The molecule has 2 N–H and O–H groups in total. The summed E-state index contributed by atoms with van der Waals surface area (Å²) in [6.45, 7) is 1.07. The number of hydrogen-bond donors (Lipinski definition) is 2. The third-order valence-corrected chi connectivity index (χ3v) is 5.49. The number of aromatic nitrogens is 2. The average molecular weight is 381 g/mol. The third-order valence-electron chi connectivity index (χ3n) is 4.11. The van der Waals surface area contributed by atoms with Crippen LogP contribution < -0.4 is 9.46 Å². The van der Waals surface area contributed by atoms with E-state index < -0.39 is 22.0 Å². The number of ether oxygens (including phenoxy) is 2. The normalized spacial score (nSPS) is 18.6. The van der Waals surface area contributed by atoms with E-state index >= 15 is 0 Å². The molecule has 9 nitrogen and oxygen atoms in total. The summed E-state index contributed by atoms with van der Waals surface area (Å²) >= 11 is 0. The van der Waals surface area contributed by atoms with Crippen molar-refractivity contribution in [3.63, 3.8) is 0 Å². The van der Waals surface area contributed by atoms with Crippen LogP contribution in [0.15, 0.2) is 41.6 Å². The Morgan fingerprint density at radius 3 is 2.96 bits per heavy atom. The van der Waals surface area contributed by atoms with Gasteiger partial charge in [-0.25, -0.2) is 8.42 Å². The van der Waals surface area contributed by atoms with Crippen molar-refractivity contribution >= 4 is 16.0 Å². The van der Waals surface area contributed by atoms with Crippen LogP contribution in [0.1, 0.15) is 24.1 Å². The van der Waals surface area contributed by atoms with Gasteiger partial charge in [0.2, 0.25) is 10.0 Å². The fourth-order valence-electron chi connectivity index (χ4n) is 2.70. The van der Waals surface area contributed by atoms with Gasteiger partial charge in [0.05, 0.1) is 26.0 Å². The summed E-state index contributed by atoms with van der Waals surface area (Å²) in [6, 6.07) is 4.76. The van der Waals surface area contributed by atoms with Gasteiger partial charge in [0.25, 0.3) is 0 Å². The largest absolute Gasteiger partial charge is 0.497 e. The molecule has 0 aliphatic carbocycles. The number of carboxylic acids is 1. The van der Waals surface area contributed by atoms with Crippen molar-refractivity contribution in [3.8, 4) is 5.75 Å². The fraction of sp³-hybridized carbons (Fsp3) is 0.375. The van der Waals surface area contributed by atoms with E-state index in [4.69, 9.17) is 9.47 Å². The molecule has 1 aliphatic rings. The van der Waals surface area contributed by atoms with Crippen molar-refractivity contribution in [1.29, 1.82) is 0 Å². The SMILES string of the molecule is COc1cccc(C(NS(=O)(=O)c2cnn(C3CCOC3)c2)C(=O)O)c1. The minimum Gasteiger partial charge on any atom is -0.497 e. The Morgan fingerprint density at radius 2 is 2.31 bits per heavy atom. The van der Waals surface area contributed by atoms with Gasteiger partial charge in [-0.05, 0) is 24.1 Å². The molecule has 2 heterocycles. The number of sulfonamides is 1. The van der Waals surface area contributed by atoms with Gasteiger partial charge in [0.1, 0.15) is 16.7 Å². The van der Waals surface area contributed by atoms with Crippen molar-refractivity contribution in [3.05, 3.63) is 42.2 Å². The van der Waals surface area contributed by atoms with Crippen LogP contribution in [0, 0.1) is 0 Å². The summed E-state index contributed by atoms with van der Waals surface area (Å²) in [5, 5.41) is 13.5. The molecule has 1 saturated heterocycles. The van der Waals surface area contributed by atoms with Gasteiger partial charge in [-0.2, -0.15) is 9.82 Å². The predicted octanol–water partition coefficient (Wildman–Crippen LogP) is 0.957. The molecule has 1 aromatic carbocycles. The molecule has 0 radical (unpaired) electrons. The van der Waals surface area contributed by atoms with Gasteiger partial charge >= 0.3 is 5.97 Å². The summed E-state index contributed by atoms with van der Waals surface area (Å²) in [6.07, 6.45) is 3.33. The highest BCUT2D eigenvalue weighted by Crippen LogP contribution is 2.23. The topological polar surface area (TPSA) is 120 Å². The Hall–Kier alpha value is -2.43. The van der Waals surface area contributed by atoms with E-state index in [1.54, 1.807) is 12.1 Å². The zero-order valence-electron chi connectivity index (χ0n) is 14.0. The van der Waals surface area contributed by atoms with E-state index in [-0.39, 0.29) is 16.5 Å². The van der Waals surface area contributed by atoms with Crippen molar-refractivity contribution in [2.24, 2.45) is 0 Å². The molecule has 2 atom stereocenters. The molecule has 10 heteroatoms. The van der Waals surface area contributed by atoms with Crippen LogP contribution in [0.3, 0.4) is 0 Å². The van der Waals surface area contributed by atoms with Gasteiger partial charge < -0.3 is 14.6 Å². The van der Waals surface area contributed by atoms with E-state index in [0.29, 0.717) is 19.0 Å². The monoisotopic (exact) mass is 381 g/mol. The number of nitrogens with one attached hydrogen (secondary N) is 1. The molecule has 0 bridgehead atoms. The molecular formula is C16H19N3O6S. The maximum absolute atomic E-state index is 12.6. The van der Waals surface area contributed by atoms with Crippen LogP contribution in [-0.2, 0) is 19.6 Å². The summed E-state index contributed by atoms with van der Waals surface area (Å²) in [4.78, 5) is 11.5. The number of rotatable bonds is 7. The highest BCUT2D eigenvalue weighted by Gasteiger charge is 2.29. The summed E-state index contributed by atoms with van der Waals surface area (Å²) in [5.74, 6) is -0.889. The molecule has 0 amide bonds. The molecule has 2 aromatic rings.